The summed E-state index contributed by atoms with van der Waals surface area (Å²) in [5, 5.41) is 7.89. The van der Waals surface area contributed by atoms with Gasteiger partial charge in [0.15, 0.2) is 0 Å². The maximum atomic E-state index is 9.60. The van der Waals surface area contributed by atoms with Crippen molar-refractivity contribution in [1.29, 1.82) is 0 Å². The fourth-order valence-electron chi connectivity index (χ4n) is 0. The normalized spacial score (nSPS) is 7.50. The minimum atomic E-state index is -0.935. The maximum absolute atomic E-state index is 9.60. The predicted octanol–water partition coefficient (Wildman–Crippen LogP) is 0.647. The summed E-state index contributed by atoms with van der Waals surface area (Å²) in [5.74, 6) is -0.935. The van der Waals surface area contributed by atoms with Crippen LogP contribution in [0.5, 0.6) is 0 Å². The molecule has 2 heteroatoms. The van der Waals surface area contributed by atoms with E-state index < -0.39 is 5.97 Å². The lowest BCUT2D eigenvalue weighted by atomic mass is 10.5. The summed E-state index contributed by atoms with van der Waals surface area (Å²) >= 11 is 0. The van der Waals surface area contributed by atoms with Crippen molar-refractivity contribution < 1.29 is 9.90 Å². The minimum Gasteiger partial charge on any atom is -0.478 e. The highest BCUT2D eigenvalue weighted by atomic mass is 16.4. The summed E-state index contributed by atoms with van der Waals surface area (Å²) in [5.41, 5.74) is 0.176. The average Bonchev–Trinajstić information content (AvgIpc) is 1.36. The summed E-state index contributed by atoms with van der Waals surface area (Å²) < 4.78 is 0. The van der Waals surface area contributed by atoms with Gasteiger partial charge in [-0.1, -0.05) is 6.58 Å². The maximum Gasteiger partial charge on any atom is 0.330 e. The molecule has 0 spiro atoms. The molecule has 0 aromatic heterocycles. The van der Waals surface area contributed by atoms with Crippen LogP contribution in [-0.2, 0) is 4.79 Å². The molecule has 0 aliphatic rings. The summed E-state index contributed by atoms with van der Waals surface area (Å²) in [6.07, 6.45) is 0. The first kappa shape index (κ1) is 5.21. The fraction of sp³-hybridized carbons (Fsp3) is 0.250. The van der Waals surface area contributed by atoms with Crippen LogP contribution in [0.2, 0.25) is 0 Å². The van der Waals surface area contributed by atoms with E-state index in [1.807, 2.05) is 0 Å². The zero-order valence-corrected chi connectivity index (χ0v) is 3.56. The van der Waals surface area contributed by atoms with Crippen molar-refractivity contribution in [3.63, 3.8) is 0 Å². The Kier molecular flexibility index (Phi) is 1.39. The van der Waals surface area contributed by atoms with Crippen molar-refractivity contribution in [1.82, 2.24) is 0 Å². The van der Waals surface area contributed by atoms with Crippen LogP contribution in [0.15, 0.2) is 12.2 Å². The average molecular weight is 87.1 g/mol. The summed E-state index contributed by atoms with van der Waals surface area (Å²) in [6.45, 7) is 4.60. The third-order valence-corrected chi connectivity index (χ3v) is 0.365. The molecule has 0 saturated carbocycles. The lowest BCUT2D eigenvalue weighted by molar-refractivity contribution is -0.132. The van der Waals surface area contributed by atoms with Gasteiger partial charge < -0.3 is 5.11 Å². The monoisotopic (exact) mass is 87.0 g/mol. The number of carboxylic acid groups (broad SMARTS) is 1. The lowest BCUT2D eigenvalue weighted by Crippen LogP contribution is -1.92. The predicted molar refractivity (Wildman–Crippen MR) is 22.4 cm³/mol. The summed E-state index contributed by atoms with van der Waals surface area (Å²) in [4.78, 5) is 9.60. The Morgan fingerprint density at radius 1 is 1.83 bits per heavy atom. The standard InChI is InChI=1S/C4H6O2/c1-3(2)4(5)6/h1H2,2H3,(H,5,6)/i2+1. The molecule has 0 heterocycles. The van der Waals surface area contributed by atoms with Gasteiger partial charge in [0, 0.05) is 5.57 Å². The Morgan fingerprint density at radius 3 is 2.00 bits per heavy atom. The molecular weight excluding hydrogens is 81.0 g/mol. The van der Waals surface area contributed by atoms with E-state index in [0.29, 0.717) is 0 Å². The molecular formula is C4H6O2. The summed E-state index contributed by atoms with van der Waals surface area (Å²) in [6, 6.07) is 0. The van der Waals surface area contributed by atoms with Gasteiger partial charge in [0.05, 0.1) is 0 Å². The molecule has 0 atom stereocenters. The molecule has 0 rings (SSSR count). The minimum absolute atomic E-state index is 0.176. The fourth-order valence-corrected chi connectivity index (χ4v) is 0. The number of hydrogen-bond donors (Lipinski definition) is 1. The molecule has 1 N–H and O–H groups in total. The van der Waals surface area contributed by atoms with Crippen molar-refractivity contribution in [3.8, 4) is 0 Å². The zero-order valence-electron chi connectivity index (χ0n) is 3.56. The Bertz CT molecular complexity index is 71.5. The van der Waals surface area contributed by atoms with E-state index in [1.165, 1.54) is 6.92 Å². The molecule has 0 fully saturated rings. The van der Waals surface area contributed by atoms with Gasteiger partial charge in [0.2, 0.25) is 0 Å². The van der Waals surface area contributed by atoms with E-state index >= 15 is 0 Å². The van der Waals surface area contributed by atoms with E-state index in [9.17, 15) is 4.79 Å². The number of carboxylic acids is 1. The molecule has 2 nitrogen and oxygen atoms in total. The van der Waals surface area contributed by atoms with Gasteiger partial charge in [-0.15, -0.1) is 0 Å². The first-order chi connectivity index (χ1) is 2.64. The number of rotatable bonds is 1. The van der Waals surface area contributed by atoms with Gasteiger partial charge in [-0.2, -0.15) is 0 Å². The van der Waals surface area contributed by atoms with E-state index in [-0.39, 0.29) is 5.57 Å². The first-order valence-corrected chi connectivity index (χ1v) is 1.53. The van der Waals surface area contributed by atoms with Gasteiger partial charge in [-0.25, -0.2) is 4.79 Å². The van der Waals surface area contributed by atoms with Gasteiger partial charge in [-0.05, 0) is 6.92 Å². The van der Waals surface area contributed by atoms with Crippen molar-refractivity contribution in [2.45, 2.75) is 6.92 Å². The highest BCUT2D eigenvalue weighted by Crippen LogP contribution is 1.81. The molecule has 0 aliphatic heterocycles. The van der Waals surface area contributed by atoms with Gasteiger partial charge in [-0.3, -0.25) is 0 Å². The van der Waals surface area contributed by atoms with E-state index in [2.05, 4.69) is 6.58 Å². The van der Waals surface area contributed by atoms with Gasteiger partial charge >= 0.3 is 5.97 Å². The van der Waals surface area contributed by atoms with Crippen LogP contribution < -0.4 is 0 Å². The Labute approximate surface area is 36.1 Å². The quantitative estimate of drug-likeness (QED) is 0.376. The topological polar surface area (TPSA) is 37.3 Å². The van der Waals surface area contributed by atoms with Crippen LogP contribution >= 0.6 is 0 Å². The van der Waals surface area contributed by atoms with Crippen LogP contribution in [0, 0.1) is 0 Å². The molecule has 0 saturated heterocycles. The van der Waals surface area contributed by atoms with Crippen LogP contribution in [0.4, 0.5) is 0 Å². The third kappa shape index (κ3) is 1.52. The van der Waals surface area contributed by atoms with Crippen LogP contribution in [-0.4, -0.2) is 11.1 Å². The SMILES string of the molecule is C=C([13CH3])C(=O)O. The Hall–Kier alpha value is -0.790. The van der Waals surface area contributed by atoms with Crippen molar-refractivity contribution in [2.75, 3.05) is 0 Å². The zero-order chi connectivity index (χ0) is 5.15. The van der Waals surface area contributed by atoms with E-state index in [1.54, 1.807) is 0 Å². The van der Waals surface area contributed by atoms with Crippen molar-refractivity contribution in [2.24, 2.45) is 0 Å². The lowest BCUT2D eigenvalue weighted by Gasteiger charge is -1.79. The van der Waals surface area contributed by atoms with Crippen molar-refractivity contribution >= 4 is 5.97 Å². The molecule has 6 heavy (non-hydrogen) atoms. The molecule has 0 aromatic rings. The highest BCUT2D eigenvalue weighted by molar-refractivity contribution is 5.84. The van der Waals surface area contributed by atoms with E-state index in [0.717, 1.165) is 0 Å². The van der Waals surface area contributed by atoms with Gasteiger partial charge in [0.1, 0.15) is 0 Å². The van der Waals surface area contributed by atoms with Crippen LogP contribution in [0.1, 0.15) is 6.92 Å². The smallest absolute Gasteiger partial charge is 0.330 e. The molecule has 0 aromatic carbocycles. The Balaban J connectivity index is 3.57. The third-order valence-electron chi connectivity index (χ3n) is 0.365. The molecule has 0 aliphatic carbocycles. The van der Waals surface area contributed by atoms with Crippen molar-refractivity contribution in [3.05, 3.63) is 12.2 Å². The number of carbonyl (C=O) groups is 1. The molecule has 0 radical (unpaired) electrons. The largest absolute Gasteiger partial charge is 0.478 e. The molecule has 0 amide bonds. The Morgan fingerprint density at radius 2 is 2.00 bits per heavy atom. The molecule has 0 unspecified atom stereocenters. The highest BCUT2D eigenvalue weighted by Gasteiger charge is 1.90. The second-order valence-electron chi connectivity index (χ2n) is 1.09. The van der Waals surface area contributed by atoms with Crippen LogP contribution in [0.25, 0.3) is 0 Å². The van der Waals surface area contributed by atoms with Crippen LogP contribution in [0.3, 0.4) is 0 Å². The number of hydrogen-bond acceptors (Lipinski definition) is 1. The molecule has 34 valence electrons. The first-order valence-electron chi connectivity index (χ1n) is 1.53. The van der Waals surface area contributed by atoms with Gasteiger partial charge in [0.25, 0.3) is 0 Å². The second-order valence-corrected chi connectivity index (χ2v) is 1.09. The molecule has 0 bridgehead atoms. The summed E-state index contributed by atoms with van der Waals surface area (Å²) in [7, 11) is 0. The van der Waals surface area contributed by atoms with E-state index in [4.69, 9.17) is 5.11 Å². The second kappa shape index (κ2) is 1.60. The number of aliphatic carboxylic acids is 1.